The molecule has 34 heavy (non-hydrogen) atoms. The minimum atomic E-state index is -1.04. The first-order valence-corrected chi connectivity index (χ1v) is 11.4. The van der Waals surface area contributed by atoms with Gasteiger partial charge in [-0.15, -0.1) is 0 Å². The normalized spacial score (nSPS) is 16.8. The highest BCUT2D eigenvalue weighted by molar-refractivity contribution is 6.14. The summed E-state index contributed by atoms with van der Waals surface area (Å²) in [6.45, 7) is 5.23. The van der Waals surface area contributed by atoms with Crippen molar-refractivity contribution in [3.05, 3.63) is 64.7 Å². The van der Waals surface area contributed by atoms with E-state index in [4.69, 9.17) is 14.2 Å². The molecule has 5 rings (SSSR count). The van der Waals surface area contributed by atoms with Crippen LogP contribution in [0.1, 0.15) is 44.7 Å². The fraction of sp³-hybridized carbons (Fsp3) is 0.333. The highest BCUT2D eigenvalue weighted by atomic mass is 16.5. The lowest BCUT2D eigenvalue weighted by molar-refractivity contribution is -0.0776. The molecule has 1 spiro atoms. The fourth-order valence-corrected chi connectivity index (χ4v) is 4.94. The van der Waals surface area contributed by atoms with E-state index in [0.29, 0.717) is 54.3 Å². The topological polar surface area (TPSA) is 77.1 Å². The summed E-state index contributed by atoms with van der Waals surface area (Å²) in [5, 5.41) is 4.87. The predicted molar refractivity (Wildman–Crippen MR) is 129 cm³/mol. The number of ether oxygens (including phenoxy) is 3. The summed E-state index contributed by atoms with van der Waals surface area (Å²) >= 11 is 0. The van der Waals surface area contributed by atoms with Gasteiger partial charge in [0, 0.05) is 42.3 Å². The van der Waals surface area contributed by atoms with Crippen molar-refractivity contribution in [2.45, 2.75) is 32.4 Å². The van der Waals surface area contributed by atoms with Gasteiger partial charge in [-0.2, -0.15) is 0 Å². The van der Waals surface area contributed by atoms with Crippen molar-refractivity contribution in [2.24, 2.45) is 0 Å². The second-order valence-corrected chi connectivity index (χ2v) is 8.91. The standard InChI is InChI=1S/C27H28N2O5/c1-16-12-21-24(13-17(16)2)34-27(8-10-28-11-9-27)29(26(21)31)25(30)18-14-20-19(23(15-18)33-4)6-5-7-22(20)32-3/h5-7,12-15,28H,8-11H2,1-4H3. The second-order valence-electron chi connectivity index (χ2n) is 8.91. The Morgan fingerprint density at radius 3 is 2.38 bits per heavy atom. The number of imide groups is 1. The van der Waals surface area contributed by atoms with Crippen LogP contribution in [-0.2, 0) is 0 Å². The molecule has 0 bridgehead atoms. The van der Waals surface area contributed by atoms with Gasteiger partial charge in [-0.25, -0.2) is 4.90 Å². The number of aryl methyl sites for hydroxylation is 2. The molecule has 3 aromatic rings. The highest BCUT2D eigenvalue weighted by Gasteiger charge is 2.51. The van der Waals surface area contributed by atoms with Crippen LogP contribution in [0.5, 0.6) is 17.2 Å². The zero-order valence-electron chi connectivity index (χ0n) is 19.9. The Hall–Kier alpha value is -3.58. The zero-order valence-corrected chi connectivity index (χ0v) is 19.9. The molecule has 7 nitrogen and oxygen atoms in total. The number of hydrogen-bond acceptors (Lipinski definition) is 6. The van der Waals surface area contributed by atoms with Crippen molar-refractivity contribution in [1.29, 1.82) is 0 Å². The minimum absolute atomic E-state index is 0.338. The average Bonchev–Trinajstić information content (AvgIpc) is 2.84. The molecule has 1 fully saturated rings. The Morgan fingerprint density at radius 1 is 0.971 bits per heavy atom. The van der Waals surface area contributed by atoms with Crippen LogP contribution in [0, 0.1) is 13.8 Å². The molecule has 2 aliphatic heterocycles. The third kappa shape index (κ3) is 3.39. The first-order chi connectivity index (χ1) is 16.4. The summed E-state index contributed by atoms with van der Waals surface area (Å²) in [5.74, 6) is 0.949. The maximum Gasteiger partial charge on any atom is 0.267 e. The zero-order chi connectivity index (χ0) is 24.0. The number of nitrogens with one attached hydrogen (secondary N) is 1. The van der Waals surface area contributed by atoms with Crippen molar-refractivity contribution in [3.63, 3.8) is 0 Å². The number of hydrogen-bond donors (Lipinski definition) is 1. The van der Waals surface area contributed by atoms with Crippen molar-refractivity contribution >= 4 is 22.6 Å². The van der Waals surface area contributed by atoms with Gasteiger partial charge in [0.05, 0.1) is 19.8 Å². The number of fused-ring (bicyclic) bond motifs is 2. The van der Waals surface area contributed by atoms with Crippen molar-refractivity contribution < 1.29 is 23.8 Å². The van der Waals surface area contributed by atoms with Crippen LogP contribution in [0.2, 0.25) is 0 Å². The molecule has 3 aromatic carbocycles. The fourth-order valence-electron chi connectivity index (χ4n) is 4.94. The molecule has 0 aromatic heterocycles. The highest BCUT2D eigenvalue weighted by Crippen LogP contribution is 2.41. The first kappa shape index (κ1) is 22.2. The Bertz CT molecular complexity index is 1310. The van der Waals surface area contributed by atoms with Gasteiger partial charge in [-0.05, 0) is 55.3 Å². The molecule has 0 unspecified atom stereocenters. The lowest BCUT2D eigenvalue weighted by Crippen LogP contribution is -2.64. The van der Waals surface area contributed by atoms with Crippen molar-refractivity contribution in [2.75, 3.05) is 27.3 Å². The largest absolute Gasteiger partial charge is 0.496 e. The number of nitrogens with zero attached hydrogens (tertiary/aromatic N) is 1. The lowest BCUT2D eigenvalue weighted by atomic mass is 9.92. The average molecular weight is 461 g/mol. The van der Waals surface area contributed by atoms with Crippen LogP contribution in [0.3, 0.4) is 0 Å². The van der Waals surface area contributed by atoms with Gasteiger partial charge in [-0.1, -0.05) is 12.1 Å². The Labute approximate surface area is 198 Å². The quantitative estimate of drug-likeness (QED) is 0.590. The third-order valence-electron chi connectivity index (χ3n) is 6.93. The van der Waals surface area contributed by atoms with Gasteiger partial charge in [0.2, 0.25) is 0 Å². The SMILES string of the molecule is COc1cc(C(=O)N2C(=O)c3cc(C)c(C)cc3OC23CCNCC3)cc2c(OC)cccc12. The van der Waals surface area contributed by atoms with Gasteiger partial charge >= 0.3 is 0 Å². The van der Waals surface area contributed by atoms with Crippen LogP contribution in [-0.4, -0.2) is 49.7 Å². The maximum atomic E-state index is 14.1. The van der Waals surface area contributed by atoms with E-state index in [1.165, 1.54) is 4.90 Å². The van der Waals surface area contributed by atoms with Crippen LogP contribution in [0.15, 0.2) is 42.5 Å². The molecular formula is C27H28N2O5. The molecule has 7 heteroatoms. The Kier molecular flexibility index (Phi) is 5.44. The minimum Gasteiger partial charge on any atom is -0.496 e. The number of piperidine rings is 1. The number of carbonyl (C=O) groups excluding carboxylic acids is 2. The number of carbonyl (C=O) groups is 2. The molecular weight excluding hydrogens is 432 g/mol. The van der Waals surface area contributed by atoms with Crippen molar-refractivity contribution in [1.82, 2.24) is 10.2 Å². The molecule has 1 saturated heterocycles. The molecule has 2 aliphatic rings. The van der Waals surface area contributed by atoms with E-state index in [1.807, 2.05) is 44.2 Å². The van der Waals surface area contributed by atoms with Gasteiger partial charge < -0.3 is 19.5 Å². The Balaban J connectivity index is 1.68. The molecule has 0 aliphatic carbocycles. The molecule has 0 atom stereocenters. The molecule has 2 amide bonds. The van der Waals surface area contributed by atoms with Gasteiger partial charge in [0.15, 0.2) is 5.72 Å². The molecule has 0 radical (unpaired) electrons. The van der Waals surface area contributed by atoms with E-state index in [2.05, 4.69) is 5.32 Å². The van der Waals surface area contributed by atoms with Crippen molar-refractivity contribution in [3.8, 4) is 17.2 Å². The maximum absolute atomic E-state index is 14.1. The van der Waals surface area contributed by atoms with Gasteiger partial charge in [0.1, 0.15) is 17.2 Å². The van der Waals surface area contributed by atoms with E-state index < -0.39 is 11.6 Å². The summed E-state index contributed by atoms with van der Waals surface area (Å²) in [6.07, 6.45) is 1.01. The molecule has 176 valence electrons. The summed E-state index contributed by atoms with van der Waals surface area (Å²) in [7, 11) is 3.15. The lowest BCUT2D eigenvalue weighted by Gasteiger charge is -2.48. The third-order valence-corrected chi connectivity index (χ3v) is 6.93. The monoisotopic (exact) mass is 460 g/mol. The Morgan fingerprint density at radius 2 is 1.68 bits per heavy atom. The van der Waals surface area contributed by atoms with E-state index in [1.54, 1.807) is 26.4 Å². The number of benzene rings is 3. The van der Waals surface area contributed by atoms with Crippen LogP contribution in [0.25, 0.3) is 10.8 Å². The van der Waals surface area contributed by atoms with E-state index in [-0.39, 0.29) is 5.91 Å². The van der Waals surface area contributed by atoms with Crippen LogP contribution in [0.4, 0.5) is 0 Å². The summed E-state index contributed by atoms with van der Waals surface area (Å²) in [5.41, 5.74) is 1.72. The summed E-state index contributed by atoms with van der Waals surface area (Å²) in [6, 6.07) is 12.8. The molecule has 2 heterocycles. The van der Waals surface area contributed by atoms with E-state index >= 15 is 0 Å². The number of amides is 2. The summed E-state index contributed by atoms with van der Waals surface area (Å²) in [4.78, 5) is 29.2. The second kappa shape index (κ2) is 8.33. The number of rotatable bonds is 3. The van der Waals surface area contributed by atoms with Crippen LogP contribution >= 0.6 is 0 Å². The van der Waals surface area contributed by atoms with E-state index in [9.17, 15) is 9.59 Å². The first-order valence-electron chi connectivity index (χ1n) is 11.4. The predicted octanol–water partition coefficient (Wildman–Crippen LogP) is 4.23. The van der Waals surface area contributed by atoms with Crippen LogP contribution < -0.4 is 19.5 Å². The number of methoxy groups -OCH3 is 2. The smallest absolute Gasteiger partial charge is 0.267 e. The van der Waals surface area contributed by atoms with Gasteiger partial charge in [0.25, 0.3) is 11.8 Å². The summed E-state index contributed by atoms with van der Waals surface area (Å²) < 4.78 is 17.6. The van der Waals surface area contributed by atoms with E-state index in [0.717, 1.165) is 21.9 Å². The van der Waals surface area contributed by atoms with Gasteiger partial charge in [-0.3, -0.25) is 9.59 Å². The molecule has 0 saturated carbocycles. The molecule has 1 N–H and O–H groups in total.